The maximum Gasteiger partial charge on any atom is 0.255 e. The fourth-order valence-corrected chi connectivity index (χ4v) is 2.75. The Morgan fingerprint density at radius 1 is 1.29 bits per heavy atom. The van der Waals surface area contributed by atoms with E-state index in [0.29, 0.717) is 50.5 Å². The van der Waals surface area contributed by atoms with Crippen molar-refractivity contribution in [1.29, 1.82) is 0 Å². The van der Waals surface area contributed by atoms with Crippen LogP contribution in [-0.2, 0) is 16.1 Å². The average Bonchev–Trinajstić information content (AvgIpc) is 2.69. The van der Waals surface area contributed by atoms with Gasteiger partial charge in [0.05, 0.1) is 6.54 Å². The van der Waals surface area contributed by atoms with Gasteiger partial charge in [-0.1, -0.05) is 0 Å². The highest BCUT2D eigenvalue weighted by Gasteiger charge is 2.41. The molecule has 0 aromatic heterocycles. The van der Waals surface area contributed by atoms with E-state index in [0.717, 1.165) is 0 Å². The third-order valence-electron chi connectivity index (χ3n) is 4.01. The molecule has 1 amide bonds. The summed E-state index contributed by atoms with van der Waals surface area (Å²) in [7, 11) is 0. The van der Waals surface area contributed by atoms with Crippen LogP contribution in [0, 0.1) is 5.82 Å². The van der Waals surface area contributed by atoms with Crippen molar-refractivity contribution >= 4 is 5.91 Å². The second kappa shape index (κ2) is 5.61. The van der Waals surface area contributed by atoms with Crippen molar-refractivity contribution in [2.45, 2.75) is 25.0 Å². The van der Waals surface area contributed by atoms with Crippen LogP contribution in [-0.4, -0.2) is 47.9 Å². The van der Waals surface area contributed by atoms with E-state index < -0.39 is 5.60 Å². The standard InChI is InChI=1S/C15H18FNO4/c16-12-1-2-13-11(9-12)10-17(5-8-21-13)14(18)15(19)3-6-20-7-4-15/h1-2,9,19H,3-8,10H2. The summed E-state index contributed by atoms with van der Waals surface area (Å²) < 4.78 is 24.1. The third-order valence-corrected chi connectivity index (χ3v) is 4.01. The molecule has 0 atom stereocenters. The molecule has 1 N–H and O–H groups in total. The van der Waals surface area contributed by atoms with Crippen LogP contribution in [0.5, 0.6) is 5.75 Å². The Hall–Kier alpha value is -1.66. The van der Waals surface area contributed by atoms with Gasteiger partial charge in [-0.05, 0) is 18.2 Å². The number of hydrogen-bond acceptors (Lipinski definition) is 4. The zero-order valence-corrected chi connectivity index (χ0v) is 11.7. The Bertz CT molecular complexity index is 542. The SMILES string of the molecule is O=C(N1CCOc2ccc(F)cc2C1)C1(O)CCOCC1. The lowest BCUT2D eigenvalue weighted by molar-refractivity contribution is -0.161. The van der Waals surface area contributed by atoms with Gasteiger partial charge in [-0.2, -0.15) is 0 Å². The molecule has 21 heavy (non-hydrogen) atoms. The highest BCUT2D eigenvalue weighted by molar-refractivity contribution is 5.85. The van der Waals surface area contributed by atoms with Crippen molar-refractivity contribution < 1.29 is 23.8 Å². The molecule has 2 aliphatic heterocycles. The molecule has 1 saturated heterocycles. The van der Waals surface area contributed by atoms with E-state index in [2.05, 4.69) is 0 Å². The van der Waals surface area contributed by atoms with E-state index >= 15 is 0 Å². The first kappa shape index (κ1) is 14.3. The fourth-order valence-electron chi connectivity index (χ4n) is 2.75. The number of hydrogen-bond donors (Lipinski definition) is 1. The number of carbonyl (C=O) groups is 1. The quantitative estimate of drug-likeness (QED) is 0.842. The minimum Gasteiger partial charge on any atom is -0.491 e. The summed E-state index contributed by atoms with van der Waals surface area (Å²) in [6.07, 6.45) is 0.582. The number of ether oxygens (including phenoxy) is 2. The van der Waals surface area contributed by atoms with Crippen LogP contribution in [0.3, 0.4) is 0 Å². The van der Waals surface area contributed by atoms with E-state index in [1.54, 1.807) is 6.07 Å². The van der Waals surface area contributed by atoms with Crippen LogP contribution in [0.15, 0.2) is 18.2 Å². The summed E-state index contributed by atoms with van der Waals surface area (Å²) in [6.45, 7) is 1.69. The summed E-state index contributed by atoms with van der Waals surface area (Å²) in [4.78, 5) is 14.1. The minimum atomic E-state index is -1.38. The van der Waals surface area contributed by atoms with Gasteiger partial charge in [-0.25, -0.2) is 4.39 Å². The highest BCUT2D eigenvalue weighted by atomic mass is 19.1. The van der Waals surface area contributed by atoms with Crippen LogP contribution >= 0.6 is 0 Å². The summed E-state index contributed by atoms with van der Waals surface area (Å²) in [5.41, 5.74) is -0.757. The summed E-state index contributed by atoms with van der Waals surface area (Å²) in [5, 5.41) is 10.5. The second-order valence-electron chi connectivity index (χ2n) is 5.47. The maximum atomic E-state index is 13.4. The summed E-state index contributed by atoms with van der Waals surface area (Å²) >= 11 is 0. The molecule has 114 valence electrons. The topological polar surface area (TPSA) is 59.0 Å². The Kier molecular flexibility index (Phi) is 3.82. The molecule has 2 heterocycles. The van der Waals surface area contributed by atoms with Crippen molar-refractivity contribution in [3.05, 3.63) is 29.6 Å². The van der Waals surface area contributed by atoms with Gasteiger partial charge in [0.1, 0.15) is 23.8 Å². The molecule has 1 fully saturated rings. The largest absolute Gasteiger partial charge is 0.491 e. The van der Waals surface area contributed by atoms with E-state index in [4.69, 9.17) is 9.47 Å². The van der Waals surface area contributed by atoms with Gasteiger partial charge in [0.15, 0.2) is 0 Å². The van der Waals surface area contributed by atoms with Crippen molar-refractivity contribution in [2.75, 3.05) is 26.4 Å². The zero-order valence-electron chi connectivity index (χ0n) is 11.7. The van der Waals surface area contributed by atoms with Crippen LogP contribution < -0.4 is 4.74 Å². The molecule has 3 rings (SSSR count). The van der Waals surface area contributed by atoms with Crippen LogP contribution in [0.25, 0.3) is 0 Å². The van der Waals surface area contributed by atoms with Crippen LogP contribution in [0.1, 0.15) is 18.4 Å². The fraction of sp³-hybridized carbons (Fsp3) is 0.533. The predicted octanol–water partition coefficient (Wildman–Crippen LogP) is 1.09. The number of benzene rings is 1. The van der Waals surface area contributed by atoms with Crippen LogP contribution in [0.2, 0.25) is 0 Å². The predicted molar refractivity (Wildman–Crippen MR) is 72.3 cm³/mol. The van der Waals surface area contributed by atoms with Crippen LogP contribution in [0.4, 0.5) is 4.39 Å². The Morgan fingerprint density at radius 3 is 2.81 bits per heavy atom. The smallest absolute Gasteiger partial charge is 0.255 e. The van der Waals surface area contributed by atoms with Gasteiger partial charge in [-0.15, -0.1) is 0 Å². The minimum absolute atomic E-state index is 0.245. The van der Waals surface area contributed by atoms with Gasteiger partial charge < -0.3 is 19.5 Å². The molecule has 0 radical (unpaired) electrons. The Labute approximate surface area is 122 Å². The van der Waals surface area contributed by atoms with Crippen molar-refractivity contribution in [3.63, 3.8) is 0 Å². The lowest BCUT2D eigenvalue weighted by atomic mass is 9.92. The summed E-state index contributed by atoms with van der Waals surface area (Å²) in [5.74, 6) is -0.103. The number of rotatable bonds is 1. The summed E-state index contributed by atoms with van der Waals surface area (Å²) in [6, 6.07) is 4.28. The van der Waals surface area contributed by atoms with E-state index in [1.807, 2.05) is 0 Å². The second-order valence-corrected chi connectivity index (χ2v) is 5.47. The van der Waals surface area contributed by atoms with E-state index in [1.165, 1.54) is 17.0 Å². The number of nitrogens with zero attached hydrogens (tertiary/aromatic N) is 1. The molecule has 0 spiro atoms. The van der Waals surface area contributed by atoms with E-state index in [-0.39, 0.29) is 18.3 Å². The number of carbonyl (C=O) groups excluding carboxylic acids is 1. The normalized spacial score (nSPS) is 21.1. The third kappa shape index (κ3) is 2.87. The number of fused-ring (bicyclic) bond motifs is 1. The Balaban J connectivity index is 1.81. The molecule has 0 unspecified atom stereocenters. The first-order valence-electron chi connectivity index (χ1n) is 7.09. The van der Waals surface area contributed by atoms with Gasteiger partial charge in [-0.3, -0.25) is 4.79 Å². The molecule has 6 heteroatoms. The van der Waals surface area contributed by atoms with Gasteiger partial charge >= 0.3 is 0 Å². The van der Waals surface area contributed by atoms with Gasteiger partial charge in [0.25, 0.3) is 5.91 Å². The van der Waals surface area contributed by atoms with Gasteiger partial charge in [0, 0.05) is 38.2 Å². The van der Waals surface area contributed by atoms with Crippen molar-refractivity contribution in [2.24, 2.45) is 0 Å². The lowest BCUT2D eigenvalue weighted by Crippen LogP contribution is -2.52. The highest BCUT2D eigenvalue weighted by Crippen LogP contribution is 2.28. The molecule has 0 saturated carbocycles. The first-order chi connectivity index (χ1) is 10.1. The van der Waals surface area contributed by atoms with Crippen molar-refractivity contribution in [1.82, 2.24) is 4.90 Å². The molecule has 5 nitrogen and oxygen atoms in total. The zero-order chi connectivity index (χ0) is 14.9. The molecule has 0 aliphatic carbocycles. The Morgan fingerprint density at radius 2 is 2.05 bits per heavy atom. The molecule has 1 aromatic carbocycles. The molecule has 2 aliphatic rings. The number of aliphatic hydroxyl groups is 1. The first-order valence-corrected chi connectivity index (χ1v) is 7.09. The lowest BCUT2D eigenvalue weighted by Gasteiger charge is -2.35. The monoisotopic (exact) mass is 295 g/mol. The number of amides is 1. The molecular weight excluding hydrogens is 277 g/mol. The van der Waals surface area contributed by atoms with E-state index in [9.17, 15) is 14.3 Å². The molecular formula is C15H18FNO4. The number of halogens is 1. The van der Waals surface area contributed by atoms with Crippen molar-refractivity contribution in [3.8, 4) is 5.75 Å². The van der Waals surface area contributed by atoms with Gasteiger partial charge in [0.2, 0.25) is 0 Å². The average molecular weight is 295 g/mol. The molecule has 1 aromatic rings. The molecule has 0 bridgehead atoms. The maximum absolute atomic E-state index is 13.4.